The molecule has 3 aliphatic heterocycles. The summed E-state index contributed by atoms with van der Waals surface area (Å²) in [5.74, 6) is 1.09. The van der Waals surface area contributed by atoms with Crippen molar-refractivity contribution in [2.75, 3.05) is 27.3 Å². The number of carbonyl (C=O) groups excluding carboxylic acids is 3. The predicted octanol–water partition coefficient (Wildman–Crippen LogP) is 1.71. The van der Waals surface area contributed by atoms with Crippen molar-refractivity contribution in [1.29, 1.82) is 0 Å². The van der Waals surface area contributed by atoms with Crippen LogP contribution in [0.2, 0.25) is 0 Å². The van der Waals surface area contributed by atoms with Gasteiger partial charge in [-0.3, -0.25) is 19.3 Å². The SMILES string of the molecule is COc1ccc(CN2C(=O)NC(CCC(=O)N3CC4CC(C3)c3cccc(=O)n3C4)C2=O)cc1OC. The first-order valence-electron chi connectivity index (χ1n) is 12.2. The van der Waals surface area contributed by atoms with Crippen LogP contribution in [-0.4, -0.2) is 65.6 Å². The minimum atomic E-state index is -0.731. The third kappa shape index (κ3) is 4.43. The van der Waals surface area contributed by atoms with Crippen LogP contribution >= 0.6 is 0 Å². The van der Waals surface area contributed by atoms with Crippen molar-refractivity contribution in [3.8, 4) is 11.5 Å². The van der Waals surface area contributed by atoms with Crippen LogP contribution in [0.5, 0.6) is 11.5 Å². The summed E-state index contributed by atoms with van der Waals surface area (Å²) in [6.45, 7) is 1.89. The molecule has 3 aliphatic rings. The van der Waals surface area contributed by atoms with Crippen molar-refractivity contribution >= 4 is 17.8 Å². The Labute approximate surface area is 208 Å². The van der Waals surface area contributed by atoms with Crippen LogP contribution in [0.1, 0.15) is 36.4 Å². The Morgan fingerprint density at radius 1 is 1.03 bits per heavy atom. The minimum absolute atomic E-state index is 0.00935. The number of urea groups is 1. The Balaban J connectivity index is 1.19. The van der Waals surface area contributed by atoms with Gasteiger partial charge in [0.05, 0.1) is 20.8 Å². The summed E-state index contributed by atoms with van der Waals surface area (Å²) in [7, 11) is 3.06. The number of rotatable bonds is 7. The third-order valence-electron chi connectivity index (χ3n) is 7.37. The monoisotopic (exact) mass is 494 g/mol. The van der Waals surface area contributed by atoms with Gasteiger partial charge in [-0.1, -0.05) is 12.1 Å². The van der Waals surface area contributed by atoms with Gasteiger partial charge in [0.2, 0.25) is 5.91 Å². The summed E-state index contributed by atoms with van der Waals surface area (Å²) in [6.07, 6.45) is 1.38. The van der Waals surface area contributed by atoms with Gasteiger partial charge in [-0.05, 0) is 42.5 Å². The average Bonchev–Trinajstić information content (AvgIpc) is 3.15. The Bertz CT molecular complexity index is 1260. The predicted molar refractivity (Wildman–Crippen MR) is 130 cm³/mol. The van der Waals surface area contributed by atoms with Crippen LogP contribution in [0.15, 0.2) is 41.2 Å². The highest BCUT2D eigenvalue weighted by Crippen LogP contribution is 2.35. The number of aromatic nitrogens is 1. The van der Waals surface area contributed by atoms with Gasteiger partial charge in [-0.15, -0.1) is 0 Å². The highest BCUT2D eigenvalue weighted by Gasteiger charge is 2.40. The van der Waals surface area contributed by atoms with E-state index < -0.39 is 12.1 Å². The van der Waals surface area contributed by atoms with Gasteiger partial charge >= 0.3 is 6.03 Å². The number of hydrogen-bond donors (Lipinski definition) is 1. The number of imide groups is 1. The molecule has 10 heteroatoms. The number of ether oxygens (including phenoxy) is 2. The zero-order chi connectivity index (χ0) is 25.4. The fourth-order valence-electron chi connectivity index (χ4n) is 5.61. The van der Waals surface area contributed by atoms with Gasteiger partial charge in [0.25, 0.3) is 11.5 Å². The number of nitrogens with zero attached hydrogens (tertiary/aromatic N) is 3. The molecule has 0 radical (unpaired) electrons. The lowest BCUT2D eigenvalue weighted by molar-refractivity contribution is -0.134. The maximum atomic E-state index is 13.1. The topological polar surface area (TPSA) is 110 Å². The lowest BCUT2D eigenvalue weighted by atomic mass is 9.83. The van der Waals surface area contributed by atoms with E-state index in [2.05, 4.69) is 5.32 Å². The largest absolute Gasteiger partial charge is 0.493 e. The van der Waals surface area contributed by atoms with Crippen LogP contribution in [0.3, 0.4) is 0 Å². The number of piperidine rings is 1. The van der Waals surface area contributed by atoms with Gasteiger partial charge in [0, 0.05) is 43.7 Å². The second-order valence-electron chi connectivity index (χ2n) is 9.65. The van der Waals surface area contributed by atoms with E-state index in [-0.39, 0.29) is 48.6 Å². The Kier molecular flexibility index (Phi) is 6.42. The molecule has 4 amide bonds. The number of hydrogen-bond acceptors (Lipinski definition) is 6. The van der Waals surface area contributed by atoms with Crippen molar-refractivity contribution in [3.05, 3.63) is 58.0 Å². The van der Waals surface area contributed by atoms with Crippen LogP contribution in [0, 0.1) is 5.92 Å². The number of nitrogens with one attached hydrogen (secondary N) is 1. The van der Waals surface area contributed by atoms with Crippen molar-refractivity contribution in [3.63, 3.8) is 0 Å². The first-order chi connectivity index (χ1) is 17.4. The summed E-state index contributed by atoms with van der Waals surface area (Å²) < 4.78 is 12.4. The van der Waals surface area contributed by atoms with Gasteiger partial charge in [0.1, 0.15) is 6.04 Å². The molecular formula is C26H30N4O6. The second-order valence-corrected chi connectivity index (χ2v) is 9.65. The lowest BCUT2D eigenvalue weighted by Gasteiger charge is -2.42. The van der Waals surface area contributed by atoms with Crippen molar-refractivity contribution in [2.45, 2.75) is 44.3 Å². The van der Waals surface area contributed by atoms with E-state index in [0.717, 1.165) is 22.6 Å². The van der Waals surface area contributed by atoms with Gasteiger partial charge < -0.3 is 24.3 Å². The normalized spacial score (nSPS) is 22.8. The van der Waals surface area contributed by atoms with E-state index in [1.54, 1.807) is 30.3 Å². The number of methoxy groups -OCH3 is 2. The molecule has 2 bridgehead atoms. The lowest BCUT2D eigenvalue weighted by Crippen LogP contribution is -2.49. The first-order valence-corrected chi connectivity index (χ1v) is 12.2. The molecule has 2 aromatic rings. The molecule has 1 aromatic carbocycles. The molecule has 0 saturated carbocycles. The molecule has 0 spiro atoms. The molecule has 3 atom stereocenters. The van der Waals surface area contributed by atoms with Crippen molar-refractivity contribution in [1.82, 2.24) is 19.7 Å². The third-order valence-corrected chi connectivity index (χ3v) is 7.37. The molecule has 1 N–H and O–H groups in total. The number of carbonyl (C=O) groups is 3. The first kappa shape index (κ1) is 23.9. The van der Waals surface area contributed by atoms with E-state index in [0.29, 0.717) is 31.1 Å². The Morgan fingerprint density at radius 2 is 1.83 bits per heavy atom. The average molecular weight is 495 g/mol. The van der Waals surface area contributed by atoms with E-state index in [1.165, 1.54) is 14.2 Å². The number of likely N-dealkylation sites (tertiary alicyclic amines) is 1. The van der Waals surface area contributed by atoms with Crippen LogP contribution in [0.25, 0.3) is 0 Å². The molecule has 2 fully saturated rings. The Hall–Kier alpha value is -3.82. The number of benzene rings is 1. The molecule has 1 aromatic heterocycles. The van der Waals surface area contributed by atoms with Crippen LogP contribution < -0.4 is 20.3 Å². The summed E-state index contributed by atoms with van der Waals surface area (Å²) in [6, 6.07) is 9.36. The van der Waals surface area contributed by atoms with E-state index in [1.807, 2.05) is 15.5 Å². The van der Waals surface area contributed by atoms with Crippen LogP contribution in [0.4, 0.5) is 4.79 Å². The molecule has 10 nitrogen and oxygen atoms in total. The summed E-state index contributed by atoms with van der Waals surface area (Å²) in [4.78, 5) is 53.7. The summed E-state index contributed by atoms with van der Waals surface area (Å²) in [5.41, 5.74) is 1.72. The standard InChI is InChI=1S/C26H30N4O6/c1-35-21-8-6-16(11-22(21)36-2)13-30-25(33)19(27-26(30)34)7-9-23(31)28-12-17-10-18(15-28)20-4-3-5-24(32)29(20)14-17/h3-6,8,11,17-19H,7,9-10,12-15H2,1-2H3,(H,27,34). The maximum absolute atomic E-state index is 13.1. The summed E-state index contributed by atoms with van der Waals surface area (Å²) >= 11 is 0. The number of fused-ring (bicyclic) bond motifs is 4. The van der Waals surface area contributed by atoms with Gasteiger partial charge in [0.15, 0.2) is 11.5 Å². The fourth-order valence-corrected chi connectivity index (χ4v) is 5.61. The number of amides is 4. The highest BCUT2D eigenvalue weighted by atomic mass is 16.5. The van der Waals surface area contributed by atoms with Crippen LogP contribution in [-0.2, 0) is 22.7 Å². The minimum Gasteiger partial charge on any atom is -0.493 e. The Morgan fingerprint density at radius 3 is 2.61 bits per heavy atom. The molecule has 0 aliphatic carbocycles. The van der Waals surface area contributed by atoms with Gasteiger partial charge in [-0.2, -0.15) is 0 Å². The highest BCUT2D eigenvalue weighted by molar-refractivity contribution is 6.04. The molecule has 4 heterocycles. The van der Waals surface area contributed by atoms with Crippen molar-refractivity contribution < 1.29 is 23.9 Å². The quantitative estimate of drug-likeness (QED) is 0.587. The second kappa shape index (κ2) is 9.67. The van der Waals surface area contributed by atoms with E-state index >= 15 is 0 Å². The maximum Gasteiger partial charge on any atom is 0.325 e. The zero-order valence-electron chi connectivity index (χ0n) is 20.4. The fraction of sp³-hybridized carbons (Fsp3) is 0.462. The number of pyridine rings is 1. The zero-order valence-corrected chi connectivity index (χ0v) is 20.4. The molecule has 190 valence electrons. The smallest absolute Gasteiger partial charge is 0.325 e. The molecule has 5 rings (SSSR count). The van der Waals surface area contributed by atoms with Gasteiger partial charge in [-0.25, -0.2) is 4.79 Å². The molecule has 2 saturated heterocycles. The molecular weight excluding hydrogens is 464 g/mol. The van der Waals surface area contributed by atoms with Crippen molar-refractivity contribution in [2.24, 2.45) is 5.92 Å². The van der Waals surface area contributed by atoms with E-state index in [9.17, 15) is 19.2 Å². The van der Waals surface area contributed by atoms with E-state index in [4.69, 9.17) is 9.47 Å². The molecule has 36 heavy (non-hydrogen) atoms. The molecule has 3 unspecified atom stereocenters. The summed E-state index contributed by atoms with van der Waals surface area (Å²) in [5, 5.41) is 2.72.